The highest BCUT2D eigenvalue weighted by molar-refractivity contribution is 8.25. The van der Waals surface area contributed by atoms with Crippen LogP contribution in [0, 0.1) is 0 Å². The molecule has 2 heterocycles. The molecule has 280 valence electrons. The highest BCUT2D eigenvalue weighted by Gasteiger charge is 2.45. The van der Waals surface area contributed by atoms with Gasteiger partial charge in [-0.3, -0.25) is 9.59 Å². The Kier molecular flexibility index (Phi) is 13.2. The predicted molar refractivity (Wildman–Crippen MR) is 199 cm³/mol. The Morgan fingerprint density at radius 3 is 1.39 bits per heavy atom. The highest BCUT2D eigenvalue weighted by Crippen LogP contribution is 2.59. The van der Waals surface area contributed by atoms with Gasteiger partial charge in [0.25, 0.3) is 11.8 Å². The fourth-order valence-electron chi connectivity index (χ4n) is 4.87. The van der Waals surface area contributed by atoms with Gasteiger partial charge in [-0.1, -0.05) is 97.3 Å². The van der Waals surface area contributed by atoms with Gasteiger partial charge in [0.05, 0.1) is 40.2 Å². The molecule has 5 rings (SSSR count). The first kappa shape index (κ1) is 39.2. The maximum atomic E-state index is 14.2. The molecule has 54 heavy (non-hydrogen) atoms. The summed E-state index contributed by atoms with van der Waals surface area (Å²) in [7, 11) is 0. The van der Waals surface area contributed by atoms with Crippen LogP contribution in [0.4, 0.5) is 9.59 Å². The first-order valence-electron chi connectivity index (χ1n) is 16.5. The predicted octanol–water partition coefficient (Wildman–Crippen LogP) is 5.50. The summed E-state index contributed by atoms with van der Waals surface area (Å²) in [5, 5.41) is 7.78. The van der Waals surface area contributed by atoms with Crippen LogP contribution in [0.5, 0.6) is 11.5 Å². The van der Waals surface area contributed by atoms with Gasteiger partial charge in [-0.05, 0) is 37.1 Å². The number of benzene rings is 3. The summed E-state index contributed by atoms with van der Waals surface area (Å²) in [5.41, 5.74) is 1.94. The van der Waals surface area contributed by atoms with Crippen molar-refractivity contribution < 1.29 is 47.7 Å². The van der Waals surface area contributed by atoms with E-state index < -0.39 is 35.9 Å². The Hall–Kier alpha value is -6.00. The van der Waals surface area contributed by atoms with Crippen LogP contribution in [-0.4, -0.2) is 72.3 Å². The number of amides is 4. The molecule has 0 atom stereocenters. The lowest BCUT2D eigenvalue weighted by molar-refractivity contribution is -0.149. The molecule has 0 spiro atoms. The fourth-order valence-corrected chi connectivity index (χ4v) is 7.52. The molecule has 14 nitrogen and oxygen atoms in total. The second-order valence-corrected chi connectivity index (χ2v) is 14.0. The number of nitrogens with zero attached hydrogens (tertiary/aromatic N) is 2. The summed E-state index contributed by atoms with van der Waals surface area (Å²) in [5.74, 6) is -2.17. The molecular weight excluding hydrogens is 737 g/mol. The Morgan fingerprint density at radius 2 is 1.02 bits per heavy atom. The van der Waals surface area contributed by atoms with Gasteiger partial charge in [-0.15, -0.1) is 0 Å². The molecule has 0 aromatic heterocycles. The van der Waals surface area contributed by atoms with E-state index in [0.29, 0.717) is 9.79 Å². The normalized spacial score (nSPS) is 13.3. The molecule has 2 aliphatic heterocycles. The number of carbonyl (C=O) groups is 6. The number of hydrazine groups is 1. The molecule has 0 unspecified atom stereocenters. The molecule has 2 N–H and O–H groups in total. The summed E-state index contributed by atoms with van der Waals surface area (Å²) in [4.78, 5) is 77.8. The molecule has 2 aliphatic rings. The lowest BCUT2D eigenvalue weighted by atomic mass is 10.2. The number of carbonyl (C=O) groups excluding carboxylic acids is 6. The van der Waals surface area contributed by atoms with Gasteiger partial charge in [0, 0.05) is 11.1 Å². The molecule has 0 bridgehead atoms. The van der Waals surface area contributed by atoms with Crippen molar-refractivity contribution in [1.29, 1.82) is 0 Å². The molecule has 3 aromatic carbocycles. The minimum absolute atomic E-state index is 0.0502. The Labute approximate surface area is 319 Å². The van der Waals surface area contributed by atoms with Crippen molar-refractivity contribution in [2.75, 3.05) is 26.3 Å². The first-order valence-corrected chi connectivity index (χ1v) is 18.1. The van der Waals surface area contributed by atoms with Gasteiger partial charge >= 0.3 is 24.1 Å². The topological polar surface area (TPSA) is 170 Å². The Morgan fingerprint density at radius 1 is 0.630 bits per heavy atom. The zero-order valence-corrected chi connectivity index (χ0v) is 31.0. The second-order valence-electron chi connectivity index (χ2n) is 11.7. The minimum atomic E-state index is -0.873. The number of thioether (sulfide) groups is 2. The van der Waals surface area contributed by atoms with Gasteiger partial charge in [0.1, 0.15) is 30.3 Å². The van der Waals surface area contributed by atoms with E-state index >= 15 is 0 Å². The van der Waals surface area contributed by atoms with Crippen molar-refractivity contribution in [2.45, 2.75) is 36.7 Å². The minimum Gasteiger partial charge on any atom is -0.460 e. The van der Waals surface area contributed by atoms with Crippen molar-refractivity contribution >= 4 is 59.5 Å². The summed E-state index contributed by atoms with van der Waals surface area (Å²) >= 11 is 2.03. The SMILES string of the molecule is C=C(C)C(=O)OCCNC(=O)Oc1ccc(OC(=O)NCCOC(=O)C(=C)C)c2c1SC(=C1C(=O)N(Cc3ccccc3)N(Cc3ccccc3)C1=O)S2. The number of hydrogen-bond acceptors (Lipinski definition) is 12. The van der Waals surface area contributed by atoms with Crippen LogP contribution in [0.3, 0.4) is 0 Å². The molecule has 0 radical (unpaired) electrons. The van der Waals surface area contributed by atoms with Gasteiger partial charge < -0.3 is 29.6 Å². The first-order chi connectivity index (χ1) is 25.9. The summed E-state index contributed by atoms with van der Waals surface area (Å²) in [6.45, 7) is 9.89. The van der Waals surface area contributed by atoms with Crippen LogP contribution in [0.2, 0.25) is 0 Å². The number of nitrogens with one attached hydrogen (secondary N) is 2. The third-order valence-corrected chi connectivity index (χ3v) is 10.1. The van der Waals surface area contributed by atoms with E-state index in [1.165, 1.54) is 36.0 Å². The van der Waals surface area contributed by atoms with Crippen LogP contribution in [-0.2, 0) is 41.7 Å². The number of esters is 2. The van der Waals surface area contributed by atoms with E-state index in [0.717, 1.165) is 34.7 Å². The fraction of sp³-hybridized carbons (Fsp3) is 0.211. The molecular formula is C38H36N4O10S2. The summed E-state index contributed by atoms with van der Waals surface area (Å²) in [6, 6.07) is 21.3. The molecule has 3 aromatic rings. The van der Waals surface area contributed by atoms with Crippen LogP contribution in [0.1, 0.15) is 25.0 Å². The molecule has 1 fully saturated rings. The van der Waals surface area contributed by atoms with Crippen molar-refractivity contribution in [3.8, 4) is 11.5 Å². The van der Waals surface area contributed by atoms with Crippen LogP contribution >= 0.6 is 23.5 Å². The van der Waals surface area contributed by atoms with E-state index in [2.05, 4.69) is 23.8 Å². The molecule has 16 heteroatoms. The maximum absolute atomic E-state index is 14.2. The van der Waals surface area contributed by atoms with Gasteiger partial charge in [-0.25, -0.2) is 29.2 Å². The van der Waals surface area contributed by atoms with Crippen molar-refractivity contribution in [1.82, 2.24) is 20.7 Å². The van der Waals surface area contributed by atoms with Crippen molar-refractivity contribution in [2.24, 2.45) is 0 Å². The number of fused-ring (bicyclic) bond motifs is 1. The quantitative estimate of drug-likeness (QED) is 0.0915. The average molecular weight is 773 g/mol. The largest absolute Gasteiger partial charge is 0.460 e. The molecule has 1 saturated heterocycles. The number of ether oxygens (including phenoxy) is 4. The summed E-state index contributed by atoms with van der Waals surface area (Å²) in [6.07, 6.45) is -1.75. The third kappa shape index (κ3) is 9.90. The molecule has 0 saturated carbocycles. The van der Waals surface area contributed by atoms with Crippen LogP contribution in [0.15, 0.2) is 117 Å². The Balaban J connectivity index is 1.41. The van der Waals surface area contributed by atoms with E-state index in [1.807, 2.05) is 60.7 Å². The van der Waals surface area contributed by atoms with Gasteiger partial charge in [0.2, 0.25) is 0 Å². The van der Waals surface area contributed by atoms with Crippen molar-refractivity contribution in [3.05, 3.63) is 118 Å². The zero-order valence-electron chi connectivity index (χ0n) is 29.4. The summed E-state index contributed by atoms with van der Waals surface area (Å²) < 4.78 is 21.5. The van der Waals surface area contributed by atoms with Gasteiger partial charge in [-0.2, -0.15) is 0 Å². The van der Waals surface area contributed by atoms with Gasteiger partial charge in [0.15, 0.2) is 0 Å². The second kappa shape index (κ2) is 18.2. The average Bonchev–Trinajstić information content (AvgIpc) is 3.69. The standard InChI is InChI=1S/C38H36N4O10S2/c1-23(2)34(45)49-19-17-39-37(47)51-27-15-16-28(52-38(48)40-18-20-50-35(46)24(3)4)31-30(27)53-36(54-31)29-32(43)41(21-25-11-7-5-8-12-25)42(33(29)44)22-26-13-9-6-10-14-26/h5-16H,1,3,17-22H2,2,4H3,(H,39,47)(H,40,48). The lowest BCUT2D eigenvalue weighted by Crippen LogP contribution is -2.39. The smallest absolute Gasteiger partial charge is 0.412 e. The highest BCUT2D eigenvalue weighted by atomic mass is 32.2. The maximum Gasteiger partial charge on any atom is 0.412 e. The van der Waals surface area contributed by atoms with Crippen LogP contribution in [0.25, 0.3) is 0 Å². The number of hydrogen-bond donors (Lipinski definition) is 2. The zero-order chi connectivity index (χ0) is 38.8. The van der Waals surface area contributed by atoms with E-state index in [9.17, 15) is 28.8 Å². The molecule has 4 amide bonds. The van der Waals surface area contributed by atoms with Crippen molar-refractivity contribution in [3.63, 3.8) is 0 Å². The van der Waals surface area contributed by atoms with Crippen LogP contribution < -0.4 is 20.1 Å². The van der Waals surface area contributed by atoms with E-state index in [-0.39, 0.29) is 71.8 Å². The molecule has 0 aliphatic carbocycles. The monoisotopic (exact) mass is 772 g/mol. The Bertz CT molecular complexity index is 1880. The lowest BCUT2D eigenvalue weighted by Gasteiger charge is -2.27. The van der Waals surface area contributed by atoms with E-state index in [1.54, 1.807) is 0 Å². The third-order valence-electron chi connectivity index (χ3n) is 7.48. The van der Waals surface area contributed by atoms with E-state index in [4.69, 9.17) is 18.9 Å². The number of rotatable bonds is 14.